The van der Waals surface area contributed by atoms with Crippen LogP contribution in [0.4, 0.5) is 8.78 Å². The van der Waals surface area contributed by atoms with Gasteiger partial charge < -0.3 is 4.74 Å². The van der Waals surface area contributed by atoms with Crippen LogP contribution >= 0.6 is 0 Å². The van der Waals surface area contributed by atoms with Crippen LogP contribution in [0.2, 0.25) is 0 Å². The Hall–Kier alpha value is -1.71. The number of esters is 1. The highest BCUT2D eigenvalue weighted by Crippen LogP contribution is 2.52. The number of hydrogen-bond donors (Lipinski definition) is 0. The Labute approximate surface area is 110 Å². The van der Waals surface area contributed by atoms with E-state index < -0.39 is 17.0 Å². The molecule has 0 radical (unpaired) electrons. The Balaban J connectivity index is 2.01. The van der Waals surface area contributed by atoms with E-state index >= 15 is 0 Å². The molecule has 19 heavy (non-hydrogen) atoms. The van der Waals surface area contributed by atoms with Crippen LogP contribution < -0.4 is 0 Å². The molecule has 1 saturated carbocycles. The van der Waals surface area contributed by atoms with Gasteiger partial charge >= 0.3 is 5.97 Å². The third-order valence-electron chi connectivity index (χ3n) is 4.26. The molecule has 0 N–H and O–H groups in total. The zero-order valence-electron chi connectivity index (χ0n) is 10.4. The molecule has 100 valence electrons. The molecule has 4 heteroatoms. The predicted molar refractivity (Wildman–Crippen MR) is 65.3 cm³/mol. The molecule has 1 aliphatic heterocycles. The molecule has 0 amide bonds. The fourth-order valence-electron chi connectivity index (χ4n) is 3.28. The first-order valence-electron chi connectivity index (χ1n) is 6.30. The lowest BCUT2D eigenvalue weighted by Crippen LogP contribution is -2.32. The maximum Gasteiger partial charge on any atom is 0.313 e. The lowest BCUT2D eigenvalue weighted by molar-refractivity contribution is -0.146. The van der Waals surface area contributed by atoms with Crippen LogP contribution in [0.15, 0.2) is 30.4 Å². The molecular formula is C15H14F2O2. The summed E-state index contributed by atoms with van der Waals surface area (Å²) in [7, 11) is 0. The van der Waals surface area contributed by atoms with E-state index in [4.69, 9.17) is 4.74 Å². The van der Waals surface area contributed by atoms with E-state index in [0.29, 0.717) is 19.4 Å². The fourth-order valence-corrected chi connectivity index (χ4v) is 3.28. The zero-order valence-corrected chi connectivity index (χ0v) is 10.4. The Morgan fingerprint density at radius 1 is 1.37 bits per heavy atom. The van der Waals surface area contributed by atoms with Crippen LogP contribution in [0.5, 0.6) is 0 Å². The van der Waals surface area contributed by atoms with E-state index in [1.807, 2.05) is 0 Å². The summed E-state index contributed by atoms with van der Waals surface area (Å²) in [6, 6.07) is 3.76. The van der Waals surface area contributed by atoms with E-state index in [0.717, 1.165) is 5.57 Å². The van der Waals surface area contributed by atoms with Gasteiger partial charge in [0.05, 0.1) is 12.0 Å². The standard InChI is InChI=1S/C15H14F2O2/c1-9-5-10-8-19-14(18)15(10,6-9)7-11-12(16)3-2-4-13(11)17/h2-4,10H,1,5-8H2. The minimum atomic E-state index is -0.819. The minimum absolute atomic E-state index is 0.00786. The van der Waals surface area contributed by atoms with Gasteiger partial charge in [0.25, 0.3) is 0 Å². The Bertz CT molecular complexity index is 547. The minimum Gasteiger partial charge on any atom is -0.465 e. The van der Waals surface area contributed by atoms with Crippen LogP contribution in [-0.2, 0) is 16.0 Å². The molecule has 1 aliphatic carbocycles. The first-order valence-corrected chi connectivity index (χ1v) is 6.30. The molecule has 1 aromatic rings. The number of halogens is 2. The summed E-state index contributed by atoms with van der Waals surface area (Å²) in [6.45, 7) is 4.23. The molecule has 2 nitrogen and oxygen atoms in total. The van der Waals surface area contributed by atoms with Crippen LogP contribution in [-0.4, -0.2) is 12.6 Å². The SMILES string of the molecule is C=C1CC2COC(=O)C2(Cc2c(F)cccc2F)C1. The van der Waals surface area contributed by atoms with Gasteiger partial charge in [0, 0.05) is 11.5 Å². The number of rotatable bonds is 2. The number of benzene rings is 1. The summed E-state index contributed by atoms with van der Waals surface area (Å²) in [5.74, 6) is -1.57. The van der Waals surface area contributed by atoms with Crippen LogP contribution in [0.25, 0.3) is 0 Å². The molecule has 1 saturated heterocycles. The maximum absolute atomic E-state index is 13.8. The molecule has 0 bridgehead atoms. The van der Waals surface area contributed by atoms with Crippen LogP contribution in [0.3, 0.4) is 0 Å². The van der Waals surface area contributed by atoms with Gasteiger partial charge in [-0.25, -0.2) is 8.78 Å². The van der Waals surface area contributed by atoms with E-state index in [-0.39, 0.29) is 23.9 Å². The molecule has 1 heterocycles. The van der Waals surface area contributed by atoms with Crippen molar-refractivity contribution in [1.29, 1.82) is 0 Å². The molecule has 2 atom stereocenters. The van der Waals surface area contributed by atoms with Crippen molar-refractivity contribution in [3.8, 4) is 0 Å². The molecule has 2 fully saturated rings. The van der Waals surface area contributed by atoms with Gasteiger partial charge in [-0.2, -0.15) is 0 Å². The summed E-state index contributed by atoms with van der Waals surface area (Å²) < 4.78 is 32.6. The second-order valence-corrected chi connectivity index (χ2v) is 5.46. The summed E-state index contributed by atoms with van der Waals surface area (Å²) in [5, 5.41) is 0. The largest absolute Gasteiger partial charge is 0.465 e. The van der Waals surface area contributed by atoms with Crippen molar-refractivity contribution in [1.82, 2.24) is 0 Å². The number of fused-ring (bicyclic) bond motifs is 1. The third kappa shape index (κ3) is 1.78. The summed E-state index contributed by atoms with van der Waals surface area (Å²) >= 11 is 0. The van der Waals surface area contributed by atoms with Crippen LogP contribution in [0.1, 0.15) is 18.4 Å². The second-order valence-electron chi connectivity index (χ2n) is 5.46. The zero-order chi connectivity index (χ0) is 13.6. The van der Waals surface area contributed by atoms with Gasteiger partial charge in [0.1, 0.15) is 11.6 Å². The lowest BCUT2D eigenvalue weighted by Gasteiger charge is -2.24. The van der Waals surface area contributed by atoms with Gasteiger partial charge in [-0.05, 0) is 31.4 Å². The van der Waals surface area contributed by atoms with Crippen molar-refractivity contribution in [2.24, 2.45) is 11.3 Å². The topological polar surface area (TPSA) is 26.3 Å². The quantitative estimate of drug-likeness (QED) is 0.606. The Morgan fingerprint density at radius 3 is 2.74 bits per heavy atom. The molecule has 0 aromatic heterocycles. The molecular weight excluding hydrogens is 250 g/mol. The summed E-state index contributed by atoms with van der Waals surface area (Å²) in [6.07, 6.45) is 1.21. The Morgan fingerprint density at radius 2 is 2.05 bits per heavy atom. The van der Waals surface area contributed by atoms with Gasteiger partial charge in [-0.3, -0.25) is 4.79 Å². The normalized spacial score (nSPS) is 29.5. The highest BCUT2D eigenvalue weighted by Gasteiger charge is 2.56. The number of carbonyl (C=O) groups is 1. The molecule has 1 aromatic carbocycles. The predicted octanol–water partition coefficient (Wildman–Crippen LogP) is 3.02. The number of cyclic esters (lactones) is 1. The van der Waals surface area contributed by atoms with Crippen molar-refractivity contribution in [3.05, 3.63) is 47.5 Å². The first-order chi connectivity index (χ1) is 9.03. The fraction of sp³-hybridized carbons (Fsp3) is 0.400. The van der Waals surface area contributed by atoms with Gasteiger partial charge in [0.2, 0.25) is 0 Å². The van der Waals surface area contributed by atoms with Gasteiger partial charge in [0.15, 0.2) is 0 Å². The summed E-state index contributed by atoms with van der Waals surface area (Å²) in [4.78, 5) is 12.0. The van der Waals surface area contributed by atoms with Crippen molar-refractivity contribution >= 4 is 5.97 Å². The van der Waals surface area contributed by atoms with Crippen molar-refractivity contribution in [2.75, 3.05) is 6.61 Å². The first kappa shape index (κ1) is 12.3. The van der Waals surface area contributed by atoms with E-state index in [1.54, 1.807) is 0 Å². The summed E-state index contributed by atoms with van der Waals surface area (Å²) in [5.41, 5.74) is 0.111. The van der Waals surface area contributed by atoms with Crippen molar-refractivity contribution in [3.63, 3.8) is 0 Å². The highest BCUT2D eigenvalue weighted by atomic mass is 19.1. The third-order valence-corrected chi connectivity index (χ3v) is 4.26. The van der Waals surface area contributed by atoms with E-state index in [2.05, 4.69) is 6.58 Å². The van der Waals surface area contributed by atoms with E-state index in [1.165, 1.54) is 18.2 Å². The van der Waals surface area contributed by atoms with Crippen molar-refractivity contribution < 1.29 is 18.3 Å². The molecule has 0 spiro atoms. The molecule has 3 rings (SSSR count). The average molecular weight is 264 g/mol. The number of allylic oxidation sites excluding steroid dienone is 1. The van der Waals surface area contributed by atoms with E-state index in [9.17, 15) is 13.6 Å². The lowest BCUT2D eigenvalue weighted by atomic mass is 9.75. The number of hydrogen-bond acceptors (Lipinski definition) is 2. The van der Waals surface area contributed by atoms with Gasteiger partial charge in [-0.15, -0.1) is 0 Å². The highest BCUT2D eigenvalue weighted by molar-refractivity contribution is 5.81. The number of ether oxygens (including phenoxy) is 1. The average Bonchev–Trinajstić information content (AvgIpc) is 2.81. The molecule has 2 aliphatic rings. The van der Waals surface area contributed by atoms with Crippen molar-refractivity contribution in [2.45, 2.75) is 19.3 Å². The molecule has 2 unspecified atom stereocenters. The second kappa shape index (κ2) is 4.15. The van der Waals surface area contributed by atoms with Crippen LogP contribution in [0, 0.1) is 23.0 Å². The number of carbonyl (C=O) groups excluding carboxylic acids is 1. The smallest absolute Gasteiger partial charge is 0.313 e. The Kier molecular flexibility index (Phi) is 2.69. The van der Waals surface area contributed by atoms with Gasteiger partial charge in [-0.1, -0.05) is 18.2 Å². The monoisotopic (exact) mass is 264 g/mol. The maximum atomic E-state index is 13.8.